The van der Waals surface area contributed by atoms with Crippen molar-refractivity contribution in [2.75, 3.05) is 18.4 Å². The van der Waals surface area contributed by atoms with Crippen LogP contribution in [0.25, 0.3) is 10.8 Å². The molecule has 1 aliphatic heterocycles. The summed E-state index contributed by atoms with van der Waals surface area (Å²) >= 11 is 12.5. The Morgan fingerprint density at radius 1 is 1.18 bits per heavy atom. The molecule has 0 bridgehead atoms. The number of anilines is 1. The monoisotopic (exact) mass is 419 g/mol. The number of rotatable bonds is 4. The molecule has 3 aromatic rings. The van der Waals surface area contributed by atoms with Crippen molar-refractivity contribution >= 4 is 39.7 Å². The maximum Gasteiger partial charge on any atom is 0.258 e. The van der Waals surface area contributed by atoms with Gasteiger partial charge in [-0.3, -0.25) is 4.79 Å². The molecule has 2 heterocycles. The summed E-state index contributed by atoms with van der Waals surface area (Å²) in [4.78, 5) is 12.8. The van der Waals surface area contributed by atoms with Gasteiger partial charge < -0.3 is 15.2 Å². The first kappa shape index (κ1) is 19.2. The van der Waals surface area contributed by atoms with Gasteiger partial charge in [0.05, 0.1) is 15.6 Å². The standard InChI is InChI=1S/C21H20Cl2FN3O/c1-12(2)27-8-7-13-3-4-14(9-15(13)20(27)28)26-21(10-25-11-21)18-17(24)6-5-16(22)19(18)23/h3-9,12,25-26H,10-11H2,1-2H3. The van der Waals surface area contributed by atoms with Crippen LogP contribution in [-0.2, 0) is 5.54 Å². The molecule has 0 atom stereocenters. The Hall–Kier alpha value is -2.08. The molecular formula is C21H20Cl2FN3O. The molecule has 1 saturated heterocycles. The predicted molar refractivity (Wildman–Crippen MR) is 113 cm³/mol. The van der Waals surface area contributed by atoms with E-state index in [1.807, 2.05) is 38.1 Å². The van der Waals surface area contributed by atoms with Crippen molar-refractivity contribution in [3.63, 3.8) is 0 Å². The SMILES string of the molecule is CC(C)n1ccc2ccc(NC3(c4c(F)ccc(Cl)c4Cl)CNC3)cc2c1=O. The molecule has 1 aliphatic rings. The Kier molecular flexibility index (Phi) is 4.86. The third-order valence-corrected chi connectivity index (χ3v) is 6.05. The predicted octanol–water partition coefficient (Wildman–Crippen LogP) is 4.94. The van der Waals surface area contributed by atoms with E-state index in [0.717, 1.165) is 11.1 Å². The van der Waals surface area contributed by atoms with Gasteiger partial charge in [-0.15, -0.1) is 0 Å². The number of aromatic nitrogens is 1. The Labute approximate surface area is 172 Å². The van der Waals surface area contributed by atoms with Crippen molar-refractivity contribution in [1.29, 1.82) is 0 Å². The quantitative estimate of drug-likeness (QED) is 0.588. The van der Waals surface area contributed by atoms with Crippen molar-refractivity contribution < 1.29 is 4.39 Å². The lowest BCUT2D eigenvalue weighted by atomic mass is 9.83. The van der Waals surface area contributed by atoms with Gasteiger partial charge in [-0.25, -0.2) is 4.39 Å². The Morgan fingerprint density at radius 2 is 1.93 bits per heavy atom. The first-order valence-electron chi connectivity index (χ1n) is 9.10. The molecule has 7 heteroatoms. The maximum atomic E-state index is 14.6. The van der Waals surface area contributed by atoms with Crippen LogP contribution in [0.5, 0.6) is 0 Å². The van der Waals surface area contributed by atoms with Crippen LogP contribution in [-0.4, -0.2) is 17.7 Å². The summed E-state index contributed by atoms with van der Waals surface area (Å²) in [5.41, 5.74) is 0.283. The lowest BCUT2D eigenvalue weighted by Crippen LogP contribution is -2.62. The lowest BCUT2D eigenvalue weighted by molar-refractivity contribution is 0.307. The van der Waals surface area contributed by atoms with Crippen LogP contribution in [0.3, 0.4) is 0 Å². The molecule has 0 amide bonds. The highest BCUT2D eigenvalue weighted by Crippen LogP contribution is 2.40. The van der Waals surface area contributed by atoms with Gasteiger partial charge in [0.1, 0.15) is 5.82 Å². The fourth-order valence-corrected chi connectivity index (χ4v) is 4.17. The highest BCUT2D eigenvalue weighted by atomic mass is 35.5. The second-order valence-corrected chi connectivity index (χ2v) is 8.24. The summed E-state index contributed by atoms with van der Waals surface area (Å²) in [6.07, 6.45) is 1.81. The second kappa shape index (κ2) is 7.07. The van der Waals surface area contributed by atoms with E-state index in [9.17, 15) is 9.18 Å². The fraction of sp³-hybridized carbons (Fsp3) is 0.286. The average Bonchev–Trinajstić information content (AvgIpc) is 2.63. The van der Waals surface area contributed by atoms with E-state index in [2.05, 4.69) is 10.6 Å². The Balaban J connectivity index is 1.80. The van der Waals surface area contributed by atoms with Gasteiger partial charge >= 0.3 is 0 Å². The molecule has 1 aromatic heterocycles. The Bertz CT molecular complexity index is 1120. The summed E-state index contributed by atoms with van der Waals surface area (Å²) in [6, 6.07) is 10.4. The molecule has 0 spiro atoms. The van der Waals surface area contributed by atoms with E-state index >= 15 is 0 Å². The van der Waals surface area contributed by atoms with Gasteiger partial charge in [0.25, 0.3) is 5.56 Å². The molecule has 28 heavy (non-hydrogen) atoms. The van der Waals surface area contributed by atoms with Crippen molar-refractivity contribution in [3.8, 4) is 0 Å². The van der Waals surface area contributed by atoms with E-state index in [1.54, 1.807) is 10.8 Å². The molecule has 0 saturated carbocycles. The van der Waals surface area contributed by atoms with E-state index < -0.39 is 11.4 Å². The van der Waals surface area contributed by atoms with Crippen molar-refractivity contribution in [2.24, 2.45) is 0 Å². The Morgan fingerprint density at radius 3 is 2.57 bits per heavy atom. The van der Waals surface area contributed by atoms with E-state index in [-0.39, 0.29) is 16.6 Å². The van der Waals surface area contributed by atoms with Crippen LogP contribution in [0.15, 0.2) is 47.4 Å². The molecule has 0 radical (unpaired) electrons. The van der Waals surface area contributed by atoms with Crippen LogP contribution < -0.4 is 16.2 Å². The van der Waals surface area contributed by atoms with Gasteiger partial charge in [-0.2, -0.15) is 0 Å². The largest absolute Gasteiger partial charge is 0.373 e. The number of hydrogen-bond donors (Lipinski definition) is 2. The topological polar surface area (TPSA) is 46.1 Å². The van der Waals surface area contributed by atoms with Gasteiger partial charge in [-0.1, -0.05) is 29.3 Å². The number of nitrogens with zero attached hydrogens (tertiary/aromatic N) is 1. The van der Waals surface area contributed by atoms with Crippen LogP contribution in [0.1, 0.15) is 25.5 Å². The van der Waals surface area contributed by atoms with Crippen molar-refractivity contribution in [1.82, 2.24) is 9.88 Å². The molecule has 4 nitrogen and oxygen atoms in total. The van der Waals surface area contributed by atoms with Gasteiger partial charge in [0.2, 0.25) is 0 Å². The van der Waals surface area contributed by atoms with E-state index in [1.165, 1.54) is 12.1 Å². The number of benzene rings is 2. The van der Waals surface area contributed by atoms with Gasteiger partial charge in [0, 0.05) is 42.0 Å². The zero-order valence-electron chi connectivity index (χ0n) is 15.5. The van der Waals surface area contributed by atoms with Crippen molar-refractivity contribution in [3.05, 3.63) is 74.4 Å². The average molecular weight is 420 g/mol. The molecule has 146 valence electrons. The molecule has 2 aromatic carbocycles. The van der Waals surface area contributed by atoms with Crippen LogP contribution in [0, 0.1) is 5.82 Å². The molecule has 0 aliphatic carbocycles. The smallest absolute Gasteiger partial charge is 0.258 e. The summed E-state index contributed by atoms with van der Waals surface area (Å²) in [6.45, 7) is 4.92. The second-order valence-electron chi connectivity index (χ2n) is 7.45. The molecule has 2 N–H and O–H groups in total. The van der Waals surface area contributed by atoms with Crippen LogP contribution >= 0.6 is 23.2 Å². The minimum Gasteiger partial charge on any atom is -0.373 e. The molecule has 4 rings (SSSR count). The third-order valence-electron chi connectivity index (χ3n) is 5.25. The number of nitrogens with one attached hydrogen (secondary N) is 2. The fourth-order valence-electron chi connectivity index (χ4n) is 3.68. The number of fused-ring (bicyclic) bond motifs is 1. The summed E-state index contributed by atoms with van der Waals surface area (Å²) in [7, 11) is 0. The van der Waals surface area contributed by atoms with Gasteiger partial charge in [0.15, 0.2) is 0 Å². The minimum atomic E-state index is -0.731. The van der Waals surface area contributed by atoms with E-state index in [4.69, 9.17) is 23.2 Å². The molecule has 0 unspecified atom stereocenters. The first-order chi connectivity index (χ1) is 13.3. The lowest BCUT2D eigenvalue weighted by Gasteiger charge is -2.45. The van der Waals surface area contributed by atoms with Crippen molar-refractivity contribution in [2.45, 2.75) is 25.4 Å². The highest BCUT2D eigenvalue weighted by molar-refractivity contribution is 6.42. The summed E-state index contributed by atoms with van der Waals surface area (Å²) in [5.74, 6) is -0.411. The highest BCUT2D eigenvalue weighted by Gasteiger charge is 2.43. The molecular weight excluding hydrogens is 400 g/mol. The zero-order chi connectivity index (χ0) is 20.1. The first-order valence-corrected chi connectivity index (χ1v) is 9.86. The van der Waals surface area contributed by atoms with E-state index in [0.29, 0.717) is 29.1 Å². The minimum absolute atomic E-state index is 0.0519. The number of pyridine rings is 1. The van der Waals surface area contributed by atoms with Crippen LogP contribution in [0.4, 0.5) is 10.1 Å². The number of hydrogen-bond acceptors (Lipinski definition) is 3. The number of halogens is 3. The van der Waals surface area contributed by atoms with Crippen LogP contribution in [0.2, 0.25) is 10.0 Å². The maximum absolute atomic E-state index is 14.6. The third kappa shape index (κ3) is 3.08. The summed E-state index contributed by atoms with van der Waals surface area (Å²) < 4.78 is 16.3. The normalized spacial score (nSPS) is 15.6. The summed E-state index contributed by atoms with van der Waals surface area (Å²) in [5, 5.41) is 8.55. The zero-order valence-corrected chi connectivity index (χ0v) is 17.0. The molecule has 1 fully saturated rings. The van der Waals surface area contributed by atoms with Gasteiger partial charge in [-0.05, 0) is 49.6 Å².